The molecule has 0 saturated heterocycles. The van der Waals surface area contributed by atoms with Crippen molar-refractivity contribution < 1.29 is 17.9 Å². The molecular weight excluding hydrogens is 417 g/mol. The van der Waals surface area contributed by atoms with Gasteiger partial charge in [-0.3, -0.25) is 0 Å². The number of ether oxygens (including phenoxy) is 1. The molecule has 1 heterocycles. The fourth-order valence-electron chi connectivity index (χ4n) is 3.33. The van der Waals surface area contributed by atoms with Crippen LogP contribution in [0.25, 0.3) is 0 Å². The Balaban J connectivity index is 1.97. The fraction of sp³-hybridized carbons (Fsp3) is 0.333. The first kappa shape index (κ1) is 23.4. The van der Waals surface area contributed by atoms with Gasteiger partial charge in [-0.05, 0) is 55.3 Å². The van der Waals surface area contributed by atoms with Gasteiger partial charge in [0.05, 0.1) is 6.61 Å². The number of aromatic nitrogens is 2. The van der Waals surface area contributed by atoms with Gasteiger partial charge in [0, 0.05) is 31.7 Å². The summed E-state index contributed by atoms with van der Waals surface area (Å²) in [6, 6.07) is 14.7. The minimum absolute atomic E-state index is 0.159. The van der Waals surface area contributed by atoms with Crippen molar-refractivity contribution in [2.24, 2.45) is 0 Å². The molecule has 3 rings (SSSR count). The average Bonchev–Trinajstić information content (AvgIpc) is 2.78. The first-order chi connectivity index (χ1) is 15.2. The van der Waals surface area contributed by atoms with Crippen LogP contribution in [0.4, 0.5) is 36.3 Å². The molecule has 0 spiro atoms. The Bertz CT molecular complexity index is 1020. The van der Waals surface area contributed by atoms with Gasteiger partial charge in [-0.2, -0.15) is 18.2 Å². The molecule has 5 nitrogen and oxygen atoms in total. The molecule has 0 N–H and O–H groups in total. The van der Waals surface area contributed by atoms with E-state index in [2.05, 4.69) is 16.9 Å². The summed E-state index contributed by atoms with van der Waals surface area (Å²) in [5, 5.41) is 0. The molecule has 0 bridgehead atoms. The lowest BCUT2D eigenvalue weighted by Gasteiger charge is -2.25. The van der Waals surface area contributed by atoms with E-state index in [1.807, 2.05) is 43.3 Å². The number of anilines is 4. The van der Waals surface area contributed by atoms with Crippen LogP contribution in [0.15, 0.2) is 54.7 Å². The minimum atomic E-state index is -4.58. The van der Waals surface area contributed by atoms with Crippen molar-refractivity contribution >= 4 is 23.1 Å². The lowest BCUT2D eigenvalue weighted by molar-refractivity contribution is -0.137. The minimum Gasteiger partial charge on any atom is -0.494 e. The molecule has 170 valence electrons. The van der Waals surface area contributed by atoms with E-state index in [0.29, 0.717) is 18.0 Å². The van der Waals surface area contributed by atoms with E-state index in [1.165, 1.54) is 4.90 Å². The maximum absolute atomic E-state index is 13.7. The molecule has 0 atom stereocenters. The molecule has 8 heteroatoms. The first-order valence-corrected chi connectivity index (χ1v) is 10.5. The molecule has 0 aliphatic heterocycles. The van der Waals surface area contributed by atoms with Crippen LogP contribution in [0.3, 0.4) is 0 Å². The van der Waals surface area contributed by atoms with Crippen LogP contribution in [-0.2, 0) is 12.6 Å². The van der Waals surface area contributed by atoms with Crippen LogP contribution < -0.4 is 14.5 Å². The number of hydrogen-bond acceptors (Lipinski definition) is 5. The van der Waals surface area contributed by atoms with Crippen molar-refractivity contribution in [1.82, 2.24) is 9.97 Å². The number of nitrogens with zero attached hydrogens (tertiary/aromatic N) is 4. The van der Waals surface area contributed by atoms with Gasteiger partial charge in [0.2, 0.25) is 5.95 Å². The van der Waals surface area contributed by atoms with Gasteiger partial charge in [-0.1, -0.05) is 25.5 Å². The van der Waals surface area contributed by atoms with Crippen molar-refractivity contribution in [3.63, 3.8) is 0 Å². The highest BCUT2D eigenvalue weighted by molar-refractivity contribution is 5.66. The lowest BCUT2D eigenvalue weighted by atomic mass is 10.1. The quantitative estimate of drug-likeness (QED) is 0.403. The van der Waals surface area contributed by atoms with Crippen molar-refractivity contribution in [2.75, 3.05) is 30.5 Å². The number of aryl methyl sites for hydroxylation is 1. The van der Waals surface area contributed by atoms with Gasteiger partial charge in [0.1, 0.15) is 11.3 Å². The van der Waals surface area contributed by atoms with E-state index in [4.69, 9.17) is 4.74 Å². The zero-order chi connectivity index (χ0) is 23.3. The Kier molecular flexibility index (Phi) is 7.22. The highest BCUT2D eigenvalue weighted by Crippen LogP contribution is 2.38. The Morgan fingerprint density at radius 2 is 1.47 bits per heavy atom. The summed E-state index contributed by atoms with van der Waals surface area (Å²) in [5.41, 5.74) is 1.59. The summed E-state index contributed by atoms with van der Waals surface area (Å²) in [5.74, 6) is 0.667. The summed E-state index contributed by atoms with van der Waals surface area (Å²) in [6.45, 7) is 4.52. The van der Waals surface area contributed by atoms with Crippen LogP contribution >= 0.6 is 0 Å². The highest BCUT2D eigenvalue weighted by Gasteiger charge is 2.37. The van der Waals surface area contributed by atoms with Gasteiger partial charge in [-0.15, -0.1) is 0 Å². The zero-order valence-corrected chi connectivity index (χ0v) is 18.6. The maximum atomic E-state index is 13.7. The molecule has 32 heavy (non-hydrogen) atoms. The van der Waals surface area contributed by atoms with Crippen molar-refractivity contribution in [3.05, 3.63) is 65.9 Å². The summed E-state index contributed by atoms with van der Waals surface area (Å²) in [4.78, 5) is 11.4. The van der Waals surface area contributed by atoms with Crippen LogP contribution in [0.5, 0.6) is 5.75 Å². The van der Waals surface area contributed by atoms with Gasteiger partial charge in [-0.25, -0.2) is 4.98 Å². The second kappa shape index (κ2) is 9.89. The molecular formula is C24H27F3N4O. The lowest BCUT2D eigenvalue weighted by Crippen LogP contribution is -2.21. The Morgan fingerprint density at radius 3 is 2.03 bits per heavy atom. The second-order valence-electron chi connectivity index (χ2n) is 7.37. The van der Waals surface area contributed by atoms with Gasteiger partial charge < -0.3 is 14.5 Å². The van der Waals surface area contributed by atoms with E-state index in [0.717, 1.165) is 30.3 Å². The molecule has 0 radical (unpaired) electrons. The van der Waals surface area contributed by atoms with E-state index in [-0.39, 0.29) is 11.8 Å². The predicted octanol–water partition coefficient (Wildman–Crippen LogP) is 6.38. The first-order valence-electron chi connectivity index (χ1n) is 10.5. The highest BCUT2D eigenvalue weighted by atomic mass is 19.4. The largest absolute Gasteiger partial charge is 0.494 e. The number of hydrogen-bond donors (Lipinski definition) is 0. The Hall–Kier alpha value is -3.29. The topological polar surface area (TPSA) is 41.5 Å². The third-order valence-electron chi connectivity index (χ3n) is 5.08. The number of alkyl halides is 3. The Morgan fingerprint density at radius 1 is 0.875 bits per heavy atom. The molecule has 0 amide bonds. The fourth-order valence-corrected chi connectivity index (χ4v) is 3.33. The Labute approximate surface area is 186 Å². The van der Waals surface area contributed by atoms with Crippen LogP contribution in [0.2, 0.25) is 0 Å². The van der Waals surface area contributed by atoms with Gasteiger partial charge >= 0.3 is 6.18 Å². The number of halogens is 3. The summed E-state index contributed by atoms with van der Waals surface area (Å²) >= 11 is 0. The molecule has 2 aromatic carbocycles. The van der Waals surface area contributed by atoms with Crippen molar-refractivity contribution in [2.45, 2.75) is 32.9 Å². The SMILES string of the molecule is CCCc1ccc(N(C)c2nc(N(C)c3ccc(OCC)cc3)ncc2C(F)(F)F)cc1. The standard InChI is InChI=1S/C24H27F3N4O/c1-5-7-17-8-10-18(11-9-17)30(3)22-21(24(25,26)27)16-28-23(29-22)31(4)19-12-14-20(15-13-19)32-6-2/h8-16H,5-7H2,1-4H3. The summed E-state index contributed by atoms with van der Waals surface area (Å²) in [7, 11) is 3.29. The van der Waals surface area contributed by atoms with Gasteiger partial charge in [0.25, 0.3) is 0 Å². The third-order valence-corrected chi connectivity index (χ3v) is 5.08. The van der Waals surface area contributed by atoms with Crippen LogP contribution in [-0.4, -0.2) is 30.7 Å². The smallest absolute Gasteiger partial charge is 0.421 e. The van der Waals surface area contributed by atoms with Gasteiger partial charge in [0.15, 0.2) is 5.82 Å². The second-order valence-corrected chi connectivity index (χ2v) is 7.37. The third kappa shape index (κ3) is 5.30. The van der Waals surface area contributed by atoms with E-state index < -0.39 is 11.7 Å². The summed E-state index contributed by atoms with van der Waals surface area (Å²) in [6.07, 6.45) is -1.82. The van der Waals surface area contributed by atoms with E-state index in [9.17, 15) is 13.2 Å². The molecule has 0 unspecified atom stereocenters. The molecule has 1 aromatic heterocycles. The average molecular weight is 445 g/mol. The monoisotopic (exact) mass is 444 g/mol. The molecule has 0 saturated carbocycles. The molecule has 0 aliphatic rings. The van der Waals surface area contributed by atoms with E-state index >= 15 is 0 Å². The van der Waals surface area contributed by atoms with Crippen LogP contribution in [0.1, 0.15) is 31.4 Å². The number of rotatable bonds is 8. The summed E-state index contributed by atoms with van der Waals surface area (Å²) < 4.78 is 46.6. The maximum Gasteiger partial charge on any atom is 0.421 e. The zero-order valence-electron chi connectivity index (χ0n) is 18.6. The van der Waals surface area contributed by atoms with Crippen LogP contribution in [0, 0.1) is 0 Å². The van der Waals surface area contributed by atoms with E-state index in [1.54, 1.807) is 31.1 Å². The predicted molar refractivity (Wildman–Crippen MR) is 121 cm³/mol. The molecule has 3 aromatic rings. The molecule has 0 fully saturated rings. The molecule has 0 aliphatic carbocycles. The number of benzene rings is 2. The normalized spacial score (nSPS) is 11.3. The van der Waals surface area contributed by atoms with Crippen molar-refractivity contribution in [1.29, 1.82) is 0 Å². The van der Waals surface area contributed by atoms with Crippen molar-refractivity contribution in [3.8, 4) is 5.75 Å².